The topological polar surface area (TPSA) is 88.7 Å². The van der Waals surface area contributed by atoms with E-state index in [9.17, 15) is 8.78 Å². The number of aliphatic imine (C=N–C) groups is 1. The van der Waals surface area contributed by atoms with E-state index in [1.165, 1.54) is 25.1 Å². The van der Waals surface area contributed by atoms with Crippen molar-refractivity contribution in [3.63, 3.8) is 0 Å². The number of nitrogens with one attached hydrogen (secondary N) is 1. The van der Waals surface area contributed by atoms with Gasteiger partial charge in [0.2, 0.25) is 11.8 Å². The fraction of sp³-hybridized carbons (Fsp3) is 0.353. The smallest absolute Gasteiger partial charge is 0.255 e. The summed E-state index contributed by atoms with van der Waals surface area (Å²) in [5.41, 5.74) is 5.65. The van der Waals surface area contributed by atoms with Gasteiger partial charge >= 0.3 is 0 Å². The van der Waals surface area contributed by atoms with E-state index in [2.05, 4.69) is 19.7 Å². The van der Waals surface area contributed by atoms with Gasteiger partial charge in [-0.05, 0) is 24.9 Å². The fourth-order valence-corrected chi connectivity index (χ4v) is 4.51. The normalized spacial score (nSPS) is 24.2. The zero-order valence-electron chi connectivity index (χ0n) is 14.7. The number of nitrogens with two attached hydrogens (primary N) is 1. The number of fused-ring (bicyclic) bond motifs is 1. The number of anilines is 1. The summed E-state index contributed by atoms with van der Waals surface area (Å²) in [5, 5.41) is -0.137. The van der Waals surface area contributed by atoms with Crippen LogP contribution in [0.4, 0.5) is 14.7 Å². The summed E-state index contributed by atoms with van der Waals surface area (Å²) in [6.07, 6.45) is 0. The Bertz CT molecular complexity index is 926. The minimum Gasteiger partial charge on any atom is -0.479 e. The monoisotopic (exact) mass is 392 g/mol. The van der Waals surface area contributed by atoms with E-state index in [-0.39, 0.29) is 28.6 Å². The highest BCUT2D eigenvalue weighted by atomic mass is 32.2. The molecule has 1 aromatic heterocycles. The van der Waals surface area contributed by atoms with E-state index >= 15 is 0 Å². The van der Waals surface area contributed by atoms with Crippen LogP contribution < -0.4 is 20.1 Å². The van der Waals surface area contributed by atoms with Gasteiger partial charge in [-0.2, -0.15) is 9.37 Å². The van der Waals surface area contributed by atoms with Gasteiger partial charge in [-0.25, -0.2) is 14.4 Å². The lowest BCUT2D eigenvalue weighted by molar-refractivity contribution is 0.365. The van der Waals surface area contributed by atoms with E-state index in [1.54, 1.807) is 25.1 Å². The molecule has 0 spiro atoms. The Morgan fingerprint density at radius 3 is 2.85 bits per heavy atom. The lowest BCUT2D eigenvalue weighted by atomic mass is 9.88. The number of hydrogen-bond acceptors (Lipinski definition) is 8. The Balaban J connectivity index is 1.79. The second kappa shape index (κ2) is 6.52. The van der Waals surface area contributed by atoms with Crippen LogP contribution in [0, 0.1) is 18.6 Å². The fourth-order valence-electron chi connectivity index (χ4n) is 3.50. The van der Waals surface area contributed by atoms with Gasteiger partial charge in [-0.1, -0.05) is 18.2 Å². The number of methoxy groups -OCH3 is 1. The van der Waals surface area contributed by atoms with Gasteiger partial charge in [-0.15, -0.1) is 0 Å². The molecule has 1 saturated heterocycles. The molecule has 2 aliphatic rings. The Morgan fingerprint density at radius 2 is 2.11 bits per heavy atom. The van der Waals surface area contributed by atoms with E-state index in [1.807, 2.05) is 4.90 Å². The van der Waals surface area contributed by atoms with E-state index in [4.69, 9.17) is 10.5 Å². The number of aromatic nitrogens is 2. The van der Waals surface area contributed by atoms with Crippen LogP contribution in [0.25, 0.3) is 0 Å². The Morgan fingerprint density at radius 1 is 1.33 bits per heavy atom. The van der Waals surface area contributed by atoms with E-state index in [0.717, 1.165) is 0 Å². The van der Waals surface area contributed by atoms with Gasteiger partial charge in [0.05, 0.1) is 24.6 Å². The lowest BCUT2D eigenvalue weighted by Crippen LogP contribution is -2.46. The van der Waals surface area contributed by atoms with Gasteiger partial charge in [0.25, 0.3) is 5.88 Å². The molecule has 1 fully saturated rings. The first-order valence-corrected chi connectivity index (χ1v) is 9.17. The van der Waals surface area contributed by atoms with Gasteiger partial charge in [0.1, 0.15) is 11.4 Å². The van der Waals surface area contributed by atoms with Gasteiger partial charge in [0, 0.05) is 12.1 Å². The van der Waals surface area contributed by atoms with Gasteiger partial charge in [-0.3, -0.25) is 0 Å². The number of halogens is 2. The van der Waals surface area contributed by atoms with Crippen molar-refractivity contribution in [2.75, 3.05) is 25.1 Å². The van der Waals surface area contributed by atoms with Crippen molar-refractivity contribution in [2.45, 2.75) is 17.7 Å². The molecule has 2 aromatic rings. The number of rotatable bonds is 3. The van der Waals surface area contributed by atoms with E-state index < -0.39 is 11.4 Å². The molecule has 0 bridgehead atoms. The maximum Gasteiger partial charge on any atom is 0.255 e. The molecule has 7 nitrogen and oxygen atoms in total. The van der Waals surface area contributed by atoms with Crippen molar-refractivity contribution in [1.82, 2.24) is 14.7 Å². The van der Waals surface area contributed by atoms with Crippen LogP contribution in [0.5, 0.6) is 5.88 Å². The molecule has 4 rings (SSSR count). The number of benzene rings is 1. The predicted molar refractivity (Wildman–Crippen MR) is 99.7 cm³/mol. The van der Waals surface area contributed by atoms with Crippen LogP contribution in [0.1, 0.15) is 11.3 Å². The van der Waals surface area contributed by atoms with E-state index in [0.29, 0.717) is 24.6 Å². The molecule has 0 amide bonds. The third-order valence-corrected chi connectivity index (χ3v) is 5.92. The first-order chi connectivity index (χ1) is 12.9. The molecule has 3 N–H and O–H groups in total. The van der Waals surface area contributed by atoms with Crippen LogP contribution in [-0.4, -0.2) is 41.4 Å². The molecule has 27 heavy (non-hydrogen) atoms. The lowest BCUT2D eigenvalue weighted by Gasteiger charge is -2.34. The summed E-state index contributed by atoms with van der Waals surface area (Å²) in [5.74, 6) is -0.529. The number of aryl methyl sites for hydroxylation is 1. The largest absolute Gasteiger partial charge is 0.479 e. The predicted octanol–water partition coefficient (Wildman–Crippen LogP) is 1.72. The standard InChI is InChI=1S/C17H18F2N6OS/c1-9-13(19)14(26-2)22-16(21-9)25-7-12-17(8-25,23-15(20)24-27-12)10-5-3-4-6-11(10)18/h3-6,12H,7-8H2,1-2H3,(H3,20,23,24). The average molecular weight is 392 g/mol. The molecule has 0 saturated carbocycles. The summed E-state index contributed by atoms with van der Waals surface area (Å²) < 4.78 is 36.6. The molecule has 0 radical (unpaired) electrons. The molecule has 2 atom stereocenters. The molecule has 1 aromatic carbocycles. The van der Waals surface area contributed by atoms with Crippen molar-refractivity contribution in [2.24, 2.45) is 10.7 Å². The first kappa shape index (κ1) is 17.8. The minimum atomic E-state index is -0.899. The van der Waals surface area contributed by atoms with Crippen molar-refractivity contribution >= 4 is 23.9 Å². The quantitative estimate of drug-likeness (QED) is 0.769. The second-order valence-corrected chi connectivity index (χ2v) is 7.43. The molecular weight excluding hydrogens is 374 g/mol. The third kappa shape index (κ3) is 2.84. The zero-order valence-corrected chi connectivity index (χ0v) is 15.6. The van der Waals surface area contributed by atoms with Crippen LogP contribution in [-0.2, 0) is 5.54 Å². The minimum absolute atomic E-state index is 0.124. The van der Waals surface area contributed by atoms with Gasteiger partial charge in [0.15, 0.2) is 5.96 Å². The van der Waals surface area contributed by atoms with Gasteiger partial charge < -0.3 is 20.1 Å². The maximum atomic E-state index is 14.6. The average Bonchev–Trinajstić information content (AvgIpc) is 3.03. The van der Waals surface area contributed by atoms with Crippen molar-refractivity contribution < 1.29 is 13.5 Å². The highest BCUT2D eigenvalue weighted by Gasteiger charge is 2.52. The first-order valence-electron chi connectivity index (χ1n) is 8.29. The molecule has 2 unspecified atom stereocenters. The molecular formula is C17H18F2N6OS. The molecule has 142 valence electrons. The molecule has 2 aliphatic heterocycles. The van der Waals surface area contributed by atoms with Crippen molar-refractivity contribution in [1.29, 1.82) is 0 Å². The van der Waals surface area contributed by atoms with Crippen molar-refractivity contribution in [3.8, 4) is 5.88 Å². The van der Waals surface area contributed by atoms with Crippen LogP contribution in [0.2, 0.25) is 0 Å². The Hall–Kier alpha value is -2.62. The maximum absolute atomic E-state index is 14.6. The number of nitrogens with zero attached hydrogens (tertiary/aromatic N) is 4. The number of ether oxygens (including phenoxy) is 1. The Labute approximate surface area is 159 Å². The highest BCUT2D eigenvalue weighted by Crippen LogP contribution is 2.45. The summed E-state index contributed by atoms with van der Waals surface area (Å²) in [6, 6.07) is 6.53. The molecule has 10 heteroatoms. The number of hydrogen-bond donors (Lipinski definition) is 2. The summed E-state index contributed by atoms with van der Waals surface area (Å²) in [7, 11) is 1.35. The second-order valence-electron chi connectivity index (χ2n) is 6.42. The summed E-state index contributed by atoms with van der Waals surface area (Å²) in [4.78, 5) is 14.9. The van der Waals surface area contributed by atoms with Crippen molar-refractivity contribution in [3.05, 3.63) is 47.2 Å². The van der Waals surface area contributed by atoms with Crippen LogP contribution >= 0.6 is 11.9 Å². The Kier molecular flexibility index (Phi) is 4.29. The van der Waals surface area contributed by atoms with Crippen LogP contribution in [0.15, 0.2) is 29.3 Å². The molecule has 0 aliphatic carbocycles. The zero-order chi connectivity index (χ0) is 19.2. The summed E-state index contributed by atoms with van der Waals surface area (Å²) >= 11 is 1.39. The number of guanidine groups is 1. The molecule has 3 heterocycles. The SMILES string of the molecule is COc1nc(N2CC3SNC(N)=NC3(c3ccccc3F)C2)nc(C)c1F. The highest BCUT2D eigenvalue weighted by molar-refractivity contribution is 7.98. The summed E-state index contributed by atoms with van der Waals surface area (Å²) in [6.45, 7) is 2.34. The van der Waals surface area contributed by atoms with Crippen LogP contribution in [0.3, 0.4) is 0 Å². The third-order valence-electron chi connectivity index (χ3n) is 4.77.